The summed E-state index contributed by atoms with van der Waals surface area (Å²) in [5, 5.41) is 13.5. The minimum atomic E-state index is 0.215. The Kier molecular flexibility index (Phi) is 4.83. The minimum Gasteiger partial charge on any atom is -0.496 e. The number of benzene rings is 1. The molecule has 0 unspecified atom stereocenters. The third-order valence-corrected chi connectivity index (χ3v) is 5.98. The summed E-state index contributed by atoms with van der Waals surface area (Å²) >= 11 is 1.59. The average molecular weight is 371 g/mol. The first-order valence-corrected chi connectivity index (χ1v) is 9.62. The first-order chi connectivity index (χ1) is 12.7. The van der Waals surface area contributed by atoms with Gasteiger partial charge in [-0.25, -0.2) is 0 Å². The Balaban J connectivity index is 1.31. The molecule has 1 saturated heterocycles. The summed E-state index contributed by atoms with van der Waals surface area (Å²) in [6.07, 6.45) is 4.75. The average Bonchev–Trinajstić information content (AvgIpc) is 3.28. The fraction of sp³-hybridized carbons (Fsp3) is 0.444. The van der Waals surface area contributed by atoms with Crippen LogP contribution in [0.25, 0.3) is 4.96 Å². The molecule has 0 aliphatic carbocycles. The zero-order chi connectivity index (χ0) is 17.9. The lowest BCUT2D eigenvalue weighted by Gasteiger charge is -2.31. The second kappa shape index (κ2) is 7.41. The molecular weight excluding hydrogens is 350 g/mol. The van der Waals surface area contributed by atoms with Crippen molar-refractivity contribution >= 4 is 22.2 Å². The number of para-hydroxylation sites is 1. The first-order valence-electron chi connectivity index (χ1n) is 8.81. The molecule has 26 heavy (non-hydrogen) atoms. The molecule has 1 aliphatic rings. The van der Waals surface area contributed by atoms with Crippen LogP contribution in [0.4, 0.5) is 0 Å². The Hall–Kier alpha value is -2.48. The van der Waals surface area contributed by atoms with Crippen molar-refractivity contribution in [1.29, 1.82) is 0 Å². The molecule has 1 amide bonds. The number of aryl methyl sites for hydroxylation is 1. The molecule has 1 aromatic carbocycles. The van der Waals surface area contributed by atoms with Gasteiger partial charge in [-0.15, -0.1) is 10.2 Å². The lowest BCUT2D eigenvalue weighted by atomic mass is 9.97. The third-order valence-electron chi connectivity index (χ3n) is 4.90. The molecule has 0 spiro atoms. The van der Waals surface area contributed by atoms with E-state index in [4.69, 9.17) is 4.74 Å². The zero-order valence-electron chi connectivity index (χ0n) is 14.7. The minimum absolute atomic E-state index is 0.215. The van der Waals surface area contributed by atoms with E-state index >= 15 is 0 Å². The molecule has 136 valence electrons. The van der Waals surface area contributed by atoms with Gasteiger partial charge in [0.15, 0.2) is 0 Å². The van der Waals surface area contributed by atoms with Gasteiger partial charge < -0.3 is 9.64 Å². The van der Waals surface area contributed by atoms with Crippen LogP contribution in [0.1, 0.15) is 35.8 Å². The van der Waals surface area contributed by atoms with Gasteiger partial charge in [0.1, 0.15) is 17.1 Å². The number of hydrogen-bond donors (Lipinski definition) is 0. The highest BCUT2D eigenvalue weighted by Gasteiger charge is 2.26. The van der Waals surface area contributed by atoms with E-state index in [1.165, 1.54) is 0 Å². The smallest absolute Gasteiger partial charge is 0.234 e. The largest absolute Gasteiger partial charge is 0.496 e. The standard InChI is InChI=1S/C18H21N5O2S/c1-25-15-5-3-2-4-13(15)6-7-16(24)22-10-8-14(9-11-22)17-21-23-12-19-20-18(23)26-17/h2-5,12,14H,6-11H2,1H3. The fourth-order valence-corrected chi connectivity index (χ4v) is 4.41. The van der Waals surface area contributed by atoms with Crippen molar-refractivity contribution in [2.75, 3.05) is 20.2 Å². The van der Waals surface area contributed by atoms with Gasteiger partial charge >= 0.3 is 0 Å². The Morgan fingerprint density at radius 2 is 2.12 bits per heavy atom. The van der Waals surface area contributed by atoms with Crippen molar-refractivity contribution in [2.24, 2.45) is 0 Å². The molecule has 8 heteroatoms. The summed E-state index contributed by atoms with van der Waals surface area (Å²) < 4.78 is 7.09. The summed E-state index contributed by atoms with van der Waals surface area (Å²) in [6.45, 7) is 1.57. The maximum Gasteiger partial charge on any atom is 0.234 e. The number of ether oxygens (including phenoxy) is 1. The van der Waals surface area contributed by atoms with Crippen LogP contribution in [-0.2, 0) is 11.2 Å². The molecule has 4 rings (SSSR count). The van der Waals surface area contributed by atoms with Crippen LogP contribution in [0.2, 0.25) is 0 Å². The Bertz CT molecular complexity index is 869. The van der Waals surface area contributed by atoms with E-state index in [2.05, 4.69) is 15.3 Å². The number of carbonyl (C=O) groups excluding carboxylic acids is 1. The molecule has 0 bridgehead atoms. The molecule has 2 aromatic heterocycles. The summed E-state index contributed by atoms with van der Waals surface area (Å²) in [7, 11) is 1.66. The van der Waals surface area contributed by atoms with E-state index < -0.39 is 0 Å². The Morgan fingerprint density at radius 1 is 1.31 bits per heavy atom. The van der Waals surface area contributed by atoms with Crippen LogP contribution in [0, 0.1) is 0 Å². The third kappa shape index (κ3) is 3.41. The lowest BCUT2D eigenvalue weighted by Crippen LogP contribution is -2.38. The molecular formula is C18H21N5O2S. The number of hydrogen-bond acceptors (Lipinski definition) is 6. The molecule has 3 aromatic rings. The number of piperidine rings is 1. The first kappa shape index (κ1) is 17.0. The number of amides is 1. The number of fused-ring (bicyclic) bond motifs is 1. The van der Waals surface area contributed by atoms with Gasteiger partial charge in [-0.2, -0.15) is 9.61 Å². The number of rotatable bonds is 5. The number of carbonyl (C=O) groups is 1. The van der Waals surface area contributed by atoms with Gasteiger partial charge in [0.25, 0.3) is 0 Å². The number of methoxy groups -OCH3 is 1. The van der Waals surface area contributed by atoms with E-state index in [1.807, 2.05) is 29.2 Å². The van der Waals surface area contributed by atoms with Gasteiger partial charge in [-0.05, 0) is 30.9 Å². The maximum atomic E-state index is 12.6. The highest BCUT2D eigenvalue weighted by Crippen LogP contribution is 2.31. The number of likely N-dealkylation sites (tertiary alicyclic amines) is 1. The summed E-state index contributed by atoms with van der Waals surface area (Å²) in [5.41, 5.74) is 1.08. The van der Waals surface area contributed by atoms with E-state index in [1.54, 1.807) is 29.3 Å². The van der Waals surface area contributed by atoms with Gasteiger partial charge in [0.2, 0.25) is 10.9 Å². The van der Waals surface area contributed by atoms with Crippen molar-refractivity contribution in [3.8, 4) is 5.75 Å². The van der Waals surface area contributed by atoms with Crippen LogP contribution in [-0.4, -0.2) is 50.8 Å². The van der Waals surface area contributed by atoms with Crippen LogP contribution < -0.4 is 4.74 Å². The maximum absolute atomic E-state index is 12.6. The summed E-state index contributed by atoms with van der Waals surface area (Å²) in [6, 6.07) is 7.88. The van der Waals surface area contributed by atoms with Crippen LogP contribution in [0.15, 0.2) is 30.6 Å². The van der Waals surface area contributed by atoms with Crippen molar-refractivity contribution < 1.29 is 9.53 Å². The van der Waals surface area contributed by atoms with Crippen molar-refractivity contribution in [1.82, 2.24) is 24.7 Å². The highest BCUT2D eigenvalue weighted by atomic mass is 32.1. The monoisotopic (exact) mass is 371 g/mol. The number of aromatic nitrogens is 4. The SMILES string of the molecule is COc1ccccc1CCC(=O)N1CCC(c2nn3cnnc3s2)CC1. The molecule has 1 fully saturated rings. The molecule has 0 saturated carbocycles. The number of nitrogens with zero attached hydrogens (tertiary/aromatic N) is 5. The van der Waals surface area contributed by atoms with Gasteiger partial charge in [-0.1, -0.05) is 29.5 Å². The second-order valence-electron chi connectivity index (χ2n) is 6.47. The fourth-order valence-electron chi connectivity index (χ4n) is 3.43. The molecule has 3 heterocycles. The summed E-state index contributed by atoms with van der Waals surface area (Å²) in [5.74, 6) is 1.47. The van der Waals surface area contributed by atoms with E-state index in [9.17, 15) is 4.79 Å². The predicted molar refractivity (Wildman–Crippen MR) is 98.5 cm³/mol. The van der Waals surface area contributed by atoms with Gasteiger partial charge in [0, 0.05) is 25.4 Å². The molecule has 0 atom stereocenters. The van der Waals surface area contributed by atoms with Crippen LogP contribution in [0.3, 0.4) is 0 Å². The van der Waals surface area contributed by atoms with Crippen LogP contribution in [0.5, 0.6) is 5.75 Å². The normalized spacial score (nSPS) is 15.5. The van der Waals surface area contributed by atoms with Crippen molar-refractivity contribution in [3.63, 3.8) is 0 Å². The Morgan fingerprint density at radius 3 is 2.88 bits per heavy atom. The van der Waals surface area contributed by atoms with Crippen molar-refractivity contribution in [2.45, 2.75) is 31.6 Å². The van der Waals surface area contributed by atoms with Crippen molar-refractivity contribution in [3.05, 3.63) is 41.2 Å². The summed E-state index contributed by atoms with van der Waals surface area (Å²) in [4.78, 5) is 15.4. The quantitative estimate of drug-likeness (QED) is 0.689. The van der Waals surface area contributed by atoms with E-state index in [0.717, 1.165) is 47.2 Å². The topological polar surface area (TPSA) is 72.6 Å². The van der Waals surface area contributed by atoms with Gasteiger partial charge in [0.05, 0.1) is 7.11 Å². The lowest BCUT2D eigenvalue weighted by molar-refractivity contribution is -0.132. The molecule has 1 aliphatic heterocycles. The molecule has 0 N–H and O–H groups in total. The van der Waals surface area contributed by atoms with Gasteiger partial charge in [-0.3, -0.25) is 4.79 Å². The molecule has 0 radical (unpaired) electrons. The Labute approximate surface area is 155 Å². The second-order valence-corrected chi connectivity index (χ2v) is 7.45. The van der Waals surface area contributed by atoms with E-state index in [0.29, 0.717) is 18.8 Å². The van der Waals surface area contributed by atoms with Crippen LogP contribution >= 0.6 is 11.3 Å². The predicted octanol–water partition coefficient (Wildman–Crippen LogP) is 2.53. The molecule has 7 nitrogen and oxygen atoms in total. The van der Waals surface area contributed by atoms with E-state index in [-0.39, 0.29) is 5.91 Å². The zero-order valence-corrected chi connectivity index (χ0v) is 15.5. The highest BCUT2D eigenvalue weighted by molar-refractivity contribution is 7.16.